The summed E-state index contributed by atoms with van der Waals surface area (Å²) >= 11 is 0. The maximum absolute atomic E-state index is 7.73. The minimum Gasteiger partial charge on any atom is -0.298 e. The summed E-state index contributed by atoms with van der Waals surface area (Å²) in [5.41, 5.74) is -0.452. The fourth-order valence-corrected chi connectivity index (χ4v) is 0.748. The van der Waals surface area contributed by atoms with Crippen molar-refractivity contribution < 1.29 is 6.85 Å². The molecule has 54 valence electrons. The molecule has 0 spiro atoms. The lowest BCUT2D eigenvalue weighted by atomic mass is 10.1. The fraction of sp³-hybridized carbons (Fsp3) is 1.00. The fourth-order valence-electron chi connectivity index (χ4n) is 0.748. The lowest BCUT2D eigenvalue weighted by molar-refractivity contribution is 0.175. The Labute approximate surface area is 65.1 Å². The quantitative estimate of drug-likeness (QED) is 0.486. The van der Waals surface area contributed by atoms with Crippen molar-refractivity contribution in [3.63, 3.8) is 0 Å². The maximum Gasteiger partial charge on any atom is 0.0431 e. The first-order valence-electron chi connectivity index (χ1n) is 5.79. The molecule has 9 heavy (non-hydrogen) atoms. The first kappa shape index (κ1) is 2.91. The van der Waals surface area contributed by atoms with Crippen LogP contribution in [-0.4, -0.2) is 23.5 Å². The van der Waals surface area contributed by atoms with E-state index in [1.54, 1.807) is 0 Å². The highest BCUT2D eigenvalue weighted by Gasteiger charge is 2.23. The van der Waals surface area contributed by atoms with Crippen molar-refractivity contribution in [1.82, 2.24) is 4.90 Å². The van der Waals surface area contributed by atoms with Crippen molar-refractivity contribution in [3.05, 3.63) is 0 Å². The Bertz CT molecular complexity index is 232. The molecule has 0 N–H and O–H groups in total. The number of rotatable bonds is 0. The molecule has 0 aromatic carbocycles. The van der Waals surface area contributed by atoms with E-state index in [1.165, 1.54) is 4.90 Å². The summed E-state index contributed by atoms with van der Waals surface area (Å²) in [5, 5.41) is 0. The molecule has 1 atom stereocenters. The molecular weight excluding hydrogens is 110 g/mol. The predicted molar refractivity (Wildman–Crippen MR) is 40.6 cm³/mol. The molecule has 0 saturated carbocycles. The summed E-state index contributed by atoms with van der Waals surface area (Å²) < 4.78 is 38.1. The number of hydrogen-bond acceptors (Lipinski definition) is 1. The second-order valence-electron chi connectivity index (χ2n) is 3.24. The van der Waals surface area contributed by atoms with Gasteiger partial charge in [0.2, 0.25) is 0 Å². The summed E-state index contributed by atoms with van der Waals surface area (Å²) in [6.07, 6.45) is -3.11. The van der Waals surface area contributed by atoms with E-state index in [0.29, 0.717) is 0 Å². The van der Waals surface area contributed by atoms with Crippen molar-refractivity contribution in [2.45, 2.75) is 39.1 Å². The maximum atomic E-state index is 7.73. The molecule has 1 fully saturated rings. The highest BCUT2D eigenvalue weighted by atomic mass is 15.2. The Kier molecular flexibility index (Phi) is 0.743. The van der Waals surface area contributed by atoms with Crippen LogP contribution < -0.4 is 0 Å². The molecule has 1 heteroatoms. The highest BCUT2D eigenvalue weighted by Crippen LogP contribution is 2.19. The Morgan fingerprint density at radius 2 is 2.11 bits per heavy atom. The summed E-state index contributed by atoms with van der Waals surface area (Å²) in [7, 11) is 0. The molecule has 1 unspecified atom stereocenters. The second-order valence-corrected chi connectivity index (χ2v) is 3.24. The summed E-state index contributed by atoms with van der Waals surface area (Å²) in [5.74, 6) is 0. The lowest BCUT2D eigenvalue weighted by Gasteiger charge is -2.31. The molecule has 0 aromatic heterocycles. The molecule has 1 heterocycles. The van der Waals surface area contributed by atoms with Crippen molar-refractivity contribution in [2.24, 2.45) is 0 Å². The van der Waals surface area contributed by atoms with Crippen LogP contribution in [0.5, 0.6) is 0 Å². The van der Waals surface area contributed by atoms with E-state index in [0.717, 1.165) is 0 Å². The van der Waals surface area contributed by atoms with E-state index in [-0.39, 0.29) is 6.54 Å². The number of likely N-dealkylation sites (tertiary alicyclic amines) is 1. The van der Waals surface area contributed by atoms with E-state index in [2.05, 4.69) is 0 Å². The van der Waals surface area contributed by atoms with E-state index in [4.69, 9.17) is 6.85 Å². The minimum atomic E-state index is -2.10. The minimum absolute atomic E-state index is 0.142. The molecule has 0 bridgehead atoms. The molecule has 1 aliphatic rings. The van der Waals surface area contributed by atoms with E-state index >= 15 is 0 Å². The molecule has 1 rings (SSSR count). The Hall–Kier alpha value is -0.0400. The highest BCUT2D eigenvalue weighted by molar-refractivity contribution is 4.79. The third kappa shape index (κ3) is 1.68. The van der Waals surface area contributed by atoms with Crippen molar-refractivity contribution in [1.29, 1.82) is 0 Å². The van der Waals surface area contributed by atoms with Gasteiger partial charge in [0, 0.05) is 12.4 Å². The van der Waals surface area contributed by atoms with Gasteiger partial charge in [-0.1, -0.05) is 0 Å². The molecule has 0 aliphatic carbocycles. The smallest absolute Gasteiger partial charge is 0.0431 e. The van der Waals surface area contributed by atoms with Gasteiger partial charge in [-0.15, -0.1) is 0 Å². The van der Waals surface area contributed by atoms with E-state index in [1.807, 2.05) is 20.8 Å². The van der Waals surface area contributed by atoms with Crippen LogP contribution in [-0.2, 0) is 0 Å². The van der Waals surface area contributed by atoms with Gasteiger partial charge in [-0.05, 0) is 46.6 Å². The zero-order valence-electron chi connectivity index (χ0n) is 11.2. The lowest BCUT2D eigenvalue weighted by Crippen LogP contribution is -2.38. The van der Waals surface area contributed by atoms with Gasteiger partial charge in [0.15, 0.2) is 0 Å². The van der Waals surface area contributed by atoms with Gasteiger partial charge in [-0.3, -0.25) is 4.90 Å². The summed E-state index contributed by atoms with van der Waals surface area (Å²) in [6, 6.07) is 0. The summed E-state index contributed by atoms with van der Waals surface area (Å²) in [6.45, 7) is 3.58. The first-order valence-corrected chi connectivity index (χ1v) is 3.21. The molecule has 1 nitrogen and oxygen atoms in total. The second kappa shape index (κ2) is 2.30. The van der Waals surface area contributed by atoms with E-state index in [9.17, 15) is 0 Å². The first-order chi connectivity index (χ1) is 6.01. The number of nitrogens with zero attached hydrogens (tertiary/aromatic N) is 1. The average Bonchev–Trinajstić information content (AvgIpc) is 2.09. The van der Waals surface area contributed by atoms with Crippen LogP contribution in [0.25, 0.3) is 0 Å². The normalized spacial score (nSPS) is 50.6. The van der Waals surface area contributed by atoms with Crippen molar-refractivity contribution >= 4 is 0 Å². The van der Waals surface area contributed by atoms with Gasteiger partial charge in [-0.2, -0.15) is 0 Å². The molecule has 0 aromatic rings. The number of hydrogen-bond donors (Lipinski definition) is 0. The van der Waals surface area contributed by atoms with Crippen LogP contribution in [0.15, 0.2) is 0 Å². The Morgan fingerprint density at radius 1 is 1.44 bits per heavy atom. The van der Waals surface area contributed by atoms with Crippen LogP contribution in [0, 0.1) is 0 Å². The van der Waals surface area contributed by atoms with Crippen molar-refractivity contribution in [2.75, 3.05) is 13.0 Å². The van der Waals surface area contributed by atoms with Crippen LogP contribution in [0.2, 0.25) is 0 Å². The molecule has 0 radical (unpaired) electrons. The van der Waals surface area contributed by atoms with E-state index < -0.39 is 24.8 Å². The monoisotopic (exact) mass is 132 g/mol. The van der Waals surface area contributed by atoms with Gasteiger partial charge in [0.1, 0.15) is 0 Å². The third-order valence-electron chi connectivity index (χ3n) is 1.39. The van der Waals surface area contributed by atoms with Gasteiger partial charge in [0.05, 0.1) is 0 Å². The zero-order valence-corrected chi connectivity index (χ0v) is 6.23. The topological polar surface area (TPSA) is 3.24 Å². The predicted octanol–water partition coefficient (Wildman–Crippen LogP) is 1.88. The molecule has 1 aliphatic heterocycles. The zero-order chi connectivity index (χ0) is 11.4. The molecule has 1 saturated heterocycles. The van der Waals surface area contributed by atoms with Gasteiger partial charge in [-0.25, -0.2) is 0 Å². The average molecular weight is 132 g/mol. The van der Waals surface area contributed by atoms with Gasteiger partial charge >= 0.3 is 0 Å². The van der Waals surface area contributed by atoms with Crippen LogP contribution in [0.1, 0.15) is 40.4 Å². The standard InChI is InChI=1S/C8H17N/c1-8(2,3)9-6-4-5-7-9/h4-7H2,1-3H3/i4D,5D2,7D2. The van der Waals surface area contributed by atoms with Gasteiger partial charge in [0.25, 0.3) is 0 Å². The Morgan fingerprint density at radius 3 is 2.33 bits per heavy atom. The third-order valence-corrected chi connectivity index (χ3v) is 1.39. The van der Waals surface area contributed by atoms with Gasteiger partial charge < -0.3 is 0 Å². The van der Waals surface area contributed by atoms with Crippen LogP contribution in [0.4, 0.5) is 0 Å². The largest absolute Gasteiger partial charge is 0.298 e. The SMILES string of the molecule is [2H]C1CN(C(C)(C)C)C([2H])([2H])C1([2H])[2H]. The Balaban J connectivity index is 3.06. The summed E-state index contributed by atoms with van der Waals surface area (Å²) in [4.78, 5) is 1.43. The van der Waals surface area contributed by atoms with Crippen LogP contribution in [0.3, 0.4) is 0 Å². The van der Waals surface area contributed by atoms with Crippen molar-refractivity contribution in [3.8, 4) is 0 Å². The van der Waals surface area contributed by atoms with Crippen LogP contribution >= 0.6 is 0 Å². The molecule has 0 amide bonds. The molecular formula is C8H17N.